The lowest BCUT2D eigenvalue weighted by Gasteiger charge is -2.09. The van der Waals surface area contributed by atoms with Gasteiger partial charge in [-0.2, -0.15) is 0 Å². The topological polar surface area (TPSA) is 66.8 Å². The van der Waals surface area contributed by atoms with Crippen LogP contribution in [0, 0.1) is 0 Å². The van der Waals surface area contributed by atoms with Crippen molar-refractivity contribution in [2.45, 2.75) is 0 Å². The summed E-state index contributed by atoms with van der Waals surface area (Å²) in [4.78, 5) is 11.4. The molecule has 4 nitrogen and oxygen atoms in total. The van der Waals surface area contributed by atoms with Crippen LogP contribution in [-0.2, 0) is 4.74 Å². The van der Waals surface area contributed by atoms with Crippen molar-refractivity contribution < 1.29 is 19.7 Å². The monoisotopic (exact) mass is 252 g/mol. The predicted octanol–water partition coefficient (Wildman–Crippen LogP) is 2.69. The Balaban J connectivity index is 2.82. The van der Waals surface area contributed by atoms with Gasteiger partial charge in [-0.25, -0.2) is 4.79 Å². The quantitative estimate of drug-likeness (QED) is 0.766. The van der Waals surface area contributed by atoms with Gasteiger partial charge in [-0.3, -0.25) is 0 Å². The predicted molar refractivity (Wildman–Crippen MR) is 63.6 cm³/mol. The summed E-state index contributed by atoms with van der Waals surface area (Å²) in [7, 11) is 1.17. The lowest BCUT2D eigenvalue weighted by Crippen LogP contribution is -2.02. The van der Waals surface area contributed by atoms with E-state index >= 15 is 0 Å². The summed E-state index contributed by atoms with van der Waals surface area (Å²) >= 11 is 5.81. The lowest BCUT2D eigenvalue weighted by atomic mass is 10.0. The number of methoxy groups -OCH3 is 1. The molecule has 0 bridgehead atoms. The molecule has 0 unspecified atom stereocenters. The number of aromatic hydroxyl groups is 2. The second kappa shape index (κ2) is 4.14. The largest absolute Gasteiger partial charge is 0.507 e. The molecule has 2 rings (SSSR count). The Hall–Kier alpha value is -1.94. The second-order valence-corrected chi connectivity index (χ2v) is 3.91. The minimum Gasteiger partial charge on any atom is -0.507 e. The molecule has 0 atom stereocenters. The normalized spacial score (nSPS) is 10.5. The highest BCUT2D eigenvalue weighted by atomic mass is 35.5. The standard InChI is InChI=1S/C12H9ClO4/c1-17-12(16)10-9(14)4-6-2-3-7(13)5-8(6)11(10)15/h2-5,14-15H,1H3. The number of hydrogen-bond donors (Lipinski definition) is 2. The van der Waals surface area contributed by atoms with Crippen molar-refractivity contribution in [1.82, 2.24) is 0 Å². The minimum atomic E-state index is -0.804. The van der Waals surface area contributed by atoms with Crippen LogP contribution in [0.25, 0.3) is 10.8 Å². The van der Waals surface area contributed by atoms with E-state index in [0.29, 0.717) is 15.8 Å². The SMILES string of the molecule is COC(=O)c1c(O)cc2ccc(Cl)cc2c1O. The fourth-order valence-electron chi connectivity index (χ4n) is 1.64. The number of hydrogen-bond acceptors (Lipinski definition) is 4. The molecule has 0 radical (unpaired) electrons. The zero-order chi connectivity index (χ0) is 12.6. The van der Waals surface area contributed by atoms with Gasteiger partial charge in [0.2, 0.25) is 0 Å². The second-order valence-electron chi connectivity index (χ2n) is 3.48. The third-order valence-corrected chi connectivity index (χ3v) is 2.68. The maximum absolute atomic E-state index is 11.4. The highest BCUT2D eigenvalue weighted by Gasteiger charge is 2.19. The van der Waals surface area contributed by atoms with E-state index in [4.69, 9.17) is 11.6 Å². The molecule has 0 saturated carbocycles. The lowest BCUT2D eigenvalue weighted by molar-refractivity contribution is 0.0594. The molecule has 0 aromatic heterocycles. The first-order chi connectivity index (χ1) is 8.04. The molecule has 2 N–H and O–H groups in total. The zero-order valence-corrected chi connectivity index (χ0v) is 9.65. The molecular formula is C12H9ClO4. The van der Waals surface area contributed by atoms with E-state index in [0.717, 1.165) is 0 Å². The van der Waals surface area contributed by atoms with Crippen LogP contribution in [0.5, 0.6) is 11.5 Å². The maximum Gasteiger partial charge on any atom is 0.345 e. The van der Waals surface area contributed by atoms with Crippen molar-refractivity contribution >= 4 is 28.3 Å². The number of halogens is 1. The van der Waals surface area contributed by atoms with Crippen LogP contribution in [0.3, 0.4) is 0 Å². The Labute approximate surface area is 102 Å². The van der Waals surface area contributed by atoms with Crippen LogP contribution in [-0.4, -0.2) is 23.3 Å². The van der Waals surface area contributed by atoms with Crippen LogP contribution >= 0.6 is 11.6 Å². The molecular weight excluding hydrogens is 244 g/mol. The Bertz CT molecular complexity index is 607. The van der Waals surface area contributed by atoms with Crippen molar-refractivity contribution in [3.63, 3.8) is 0 Å². The Morgan fingerprint density at radius 3 is 2.65 bits per heavy atom. The average molecular weight is 253 g/mol. The zero-order valence-electron chi connectivity index (χ0n) is 8.90. The molecule has 0 spiro atoms. The van der Waals surface area contributed by atoms with E-state index in [1.54, 1.807) is 12.1 Å². The molecule has 88 valence electrons. The van der Waals surface area contributed by atoms with Gasteiger partial charge >= 0.3 is 5.97 Å². The van der Waals surface area contributed by atoms with Gasteiger partial charge in [0.1, 0.15) is 17.1 Å². The van der Waals surface area contributed by atoms with Gasteiger partial charge in [0, 0.05) is 10.4 Å². The highest BCUT2D eigenvalue weighted by molar-refractivity contribution is 6.31. The van der Waals surface area contributed by atoms with Gasteiger partial charge in [-0.1, -0.05) is 17.7 Å². The van der Waals surface area contributed by atoms with Crippen molar-refractivity contribution in [2.24, 2.45) is 0 Å². The van der Waals surface area contributed by atoms with Gasteiger partial charge in [0.05, 0.1) is 7.11 Å². The fraction of sp³-hybridized carbons (Fsp3) is 0.0833. The molecule has 0 aliphatic rings. The molecule has 0 heterocycles. The van der Waals surface area contributed by atoms with Crippen LogP contribution in [0.15, 0.2) is 24.3 Å². The van der Waals surface area contributed by atoms with E-state index in [1.807, 2.05) is 0 Å². The number of phenolic OH excluding ortho intramolecular Hbond substituents is 2. The molecule has 2 aromatic carbocycles. The van der Waals surface area contributed by atoms with Gasteiger partial charge < -0.3 is 14.9 Å². The molecule has 5 heteroatoms. The summed E-state index contributed by atoms with van der Waals surface area (Å²) < 4.78 is 4.49. The molecule has 0 aliphatic heterocycles. The molecule has 2 aromatic rings. The smallest absolute Gasteiger partial charge is 0.345 e. The van der Waals surface area contributed by atoms with E-state index in [-0.39, 0.29) is 17.1 Å². The first-order valence-electron chi connectivity index (χ1n) is 4.77. The molecule has 0 aliphatic carbocycles. The number of carbonyl (C=O) groups excluding carboxylic acids is 1. The summed E-state index contributed by atoms with van der Waals surface area (Å²) in [5.74, 6) is -1.47. The third kappa shape index (κ3) is 1.87. The first-order valence-corrected chi connectivity index (χ1v) is 5.15. The summed E-state index contributed by atoms with van der Waals surface area (Å²) in [6.07, 6.45) is 0. The summed E-state index contributed by atoms with van der Waals surface area (Å²) in [5.41, 5.74) is -0.262. The number of ether oxygens (including phenoxy) is 1. The molecule has 0 fully saturated rings. The number of carbonyl (C=O) groups is 1. The van der Waals surface area contributed by atoms with Crippen LogP contribution < -0.4 is 0 Å². The Morgan fingerprint density at radius 1 is 1.29 bits per heavy atom. The van der Waals surface area contributed by atoms with Crippen molar-refractivity contribution in [3.05, 3.63) is 34.9 Å². The Morgan fingerprint density at radius 2 is 2.00 bits per heavy atom. The van der Waals surface area contributed by atoms with Crippen LogP contribution in [0.4, 0.5) is 0 Å². The average Bonchev–Trinajstić information content (AvgIpc) is 2.30. The van der Waals surface area contributed by atoms with Gasteiger partial charge in [0.15, 0.2) is 0 Å². The van der Waals surface area contributed by atoms with Crippen molar-refractivity contribution in [2.75, 3.05) is 7.11 Å². The summed E-state index contributed by atoms with van der Waals surface area (Å²) in [5, 5.41) is 21.0. The number of esters is 1. The minimum absolute atomic E-state index is 0.262. The van der Waals surface area contributed by atoms with E-state index < -0.39 is 5.97 Å². The van der Waals surface area contributed by atoms with E-state index in [1.165, 1.54) is 19.2 Å². The van der Waals surface area contributed by atoms with Crippen LogP contribution in [0.2, 0.25) is 5.02 Å². The third-order valence-electron chi connectivity index (χ3n) is 2.45. The summed E-state index contributed by atoms with van der Waals surface area (Å²) in [6.45, 7) is 0. The first kappa shape index (κ1) is 11.5. The number of fused-ring (bicyclic) bond motifs is 1. The Kier molecular flexibility index (Phi) is 2.81. The molecule has 0 amide bonds. The van der Waals surface area contributed by atoms with Gasteiger partial charge in [0.25, 0.3) is 0 Å². The van der Waals surface area contributed by atoms with Gasteiger partial charge in [-0.05, 0) is 23.6 Å². The maximum atomic E-state index is 11.4. The van der Waals surface area contributed by atoms with E-state index in [9.17, 15) is 15.0 Å². The molecule has 17 heavy (non-hydrogen) atoms. The van der Waals surface area contributed by atoms with Crippen LogP contribution in [0.1, 0.15) is 10.4 Å². The molecule has 0 saturated heterocycles. The van der Waals surface area contributed by atoms with Crippen molar-refractivity contribution in [3.8, 4) is 11.5 Å². The highest BCUT2D eigenvalue weighted by Crippen LogP contribution is 2.37. The fourth-order valence-corrected chi connectivity index (χ4v) is 1.81. The van der Waals surface area contributed by atoms with E-state index in [2.05, 4.69) is 4.74 Å². The number of phenols is 2. The number of rotatable bonds is 1. The number of benzene rings is 2. The summed E-state index contributed by atoms with van der Waals surface area (Å²) in [6, 6.07) is 6.15. The van der Waals surface area contributed by atoms with Gasteiger partial charge in [-0.15, -0.1) is 0 Å². The van der Waals surface area contributed by atoms with Crippen molar-refractivity contribution in [1.29, 1.82) is 0 Å².